The lowest BCUT2D eigenvalue weighted by atomic mass is 9.44. The summed E-state index contributed by atoms with van der Waals surface area (Å²) in [6, 6.07) is 0. The molecule has 5 rings (SSSR count). The molecule has 14 atom stereocenters. The number of hydrogen-bond donors (Lipinski definition) is 5. The summed E-state index contributed by atoms with van der Waals surface area (Å²) in [6.45, 7) is 6.86. The van der Waals surface area contributed by atoms with Crippen molar-refractivity contribution >= 4 is 5.97 Å². The van der Waals surface area contributed by atoms with Crippen LogP contribution in [0.3, 0.4) is 0 Å². The van der Waals surface area contributed by atoms with E-state index >= 15 is 0 Å². The van der Waals surface area contributed by atoms with Gasteiger partial charge in [-0.25, -0.2) is 4.79 Å². The van der Waals surface area contributed by atoms with Crippen LogP contribution in [0.5, 0.6) is 0 Å². The molecule has 4 aliphatic carbocycles. The molecule has 3 unspecified atom stereocenters. The van der Waals surface area contributed by atoms with Gasteiger partial charge in [0.05, 0.1) is 12.2 Å². The van der Waals surface area contributed by atoms with Gasteiger partial charge in [0.1, 0.15) is 18.3 Å². The second-order valence-corrected chi connectivity index (χ2v) is 12.9. The summed E-state index contributed by atoms with van der Waals surface area (Å²) in [4.78, 5) is 11.4. The highest BCUT2D eigenvalue weighted by Crippen LogP contribution is 2.67. The average Bonchev–Trinajstić information content (AvgIpc) is 3.17. The van der Waals surface area contributed by atoms with Crippen LogP contribution < -0.4 is 0 Å². The van der Waals surface area contributed by atoms with Crippen molar-refractivity contribution in [3.05, 3.63) is 0 Å². The normalized spacial score (nSPS) is 54.9. The minimum atomic E-state index is -1.70. The molecule has 0 aromatic carbocycles. The molecule has 1 saturated heterocycles. The number of aliphatic hydroxyl groups excluding tert-OH is 4. The minimum absolute atomic E-state index is 0.180. The first-order valence-electron chi connectivity index (χ1n) is 13.7. The Hall–Kier alpha value is -0.770. The SMILES string of the molecule is C[C@H](O)[C@H]1CCC2C3CC[C@H]4C[C@@H](O[C@@H]5O[C@H](C(=O)O)[C@@H](O)[C@H](O)[C@H]5O)CC[C@]4(C)C3CC[C@@]21C. The van der Waals surface area contributed by atoms with Crippen LogP contribution in [0.15, 0.2) is 0 Å². The molecule has 200 valence electrons. The lowest BCUT2D eigenvalue weighted by Crippen LogP contribution is -2.61. The molecule has 0 radical (unpaired) electrons. The molecule has 0 spiro atoms. The van der Waals surface area contributed by atoms with Crippen molar-refractivity contribution in [2.24, 2.45) is 40.4 Å². The zero-order valence-electron chi connectivity index (χ0n) is 21.3. The summed E-state index contributed by atoms with van der Waals surface area (Å²) in [6.07, 6.45) is 1.63. The van der Waals surface area contributed by atoms with Crippen molar-refractivity contribution in [2.45, 2.75) is 121 Å². The van der Waals surface area contributed by atoms with Crippen LogP contribution in [0, 0.1) is 40.4 Å². The van der Waals surface area contributed by atoms with Gasteiger partial charge >= 0.3 is 5.97 Å². The van der Waals surface area contributed by atoms with E-state index in [1.165, 1.54) is 25.7 Å². The summed E-state index contributed by atoms with van der Waals surface area (Å²) >= 11 is 0. The zero-order valence-corrected chi connectivity index (χ0v) is 21.3. The summed E-state index contributed by atoms with van der Waals surface area (Å²) in [5.74, 6) is 1.60. The molecule has 5 aliphatic rings. The minimum Gasteiger partial charge on any atom is -0.479 e. The number of aliphatic carboxylic acids is 1. The van der Waals surface area contributed by atoms with Gasteiger partial charge in [0, 0.05) is 0 Å². The number of hydrogen-bond acceptors (Lipinski definition) is 7. The number of rotatable bonds is 4. The summed E-state index contributed by atoms with van der Waals surface area (Å²) in [5, 5.41) is 50.2. The number of ether oxygens (including phenoxy) is 2. The predicted molar refractivity (Wildman–Crippen MR) is 126 cm³/mol. The standard InChI is InChI=1S/C27H44O8/c1-13(28)17-6-7-18-16-5-4-14-12-15(8-10-26(14,2)19(16)9-11-27(17,18)3)34-25-22(31)20(29)21(30)23(35-25)24(32)33/h13-23,25,28-31H,4-12H2,1-3H3,(H,32,33)/t13-,14-,15-,16?,17+,18?,19?,20-,21-,22+,23-,25+,26-,27+/m0/s1. The molecule has 0 bridgehead atoms. The first-order valence-corrected chi connectivity index (χ1v) is 13.7. The maximum Gasteiger partial charge on any atom is 0.335 e. The third kappa shape index (κ3) is 4.07. The van der Waals surface area contributed by atoms with Crippen LogP contribution in [0.2, 0.25) is 0 Å². The highest BCUT2D eigenvalue weighted by molar-refractivity contribution is 5.73. The fourth-order valence-electron chi connectivity index (χ4n) is 9.53. The lowest BCUT2D eigenvalue weighted by molar-refractivity contribution is -0.309. The Labute approximate surface area is 208 Å². The predicted octanol–water partition coefficient (Wildman–Crippen LogP) is 2.30. The number of aliphatic hydroxyl groups is 4. The van der Waals surface area contributed by atoms with Gasteiger partial charge in [-0.1, -0.05) is 13.8 Å². The first-order chi connectivity index (χ1) is 16.5. The van der Waals surface area contributed by atoms with Crippen LogP contribution in [0.4, 0.5) is 0 Å². The fraction of sp³-hybridized carbons (Fsp3) is 0.963. The highest BCUT2D eigenvalue weighted by atomic mass is 16.7. The Morgan fingerprint density at radius 2 is 1.60 bits per heavy atom. The van der Waals surface area contributed by atoms with Gasteiger partial charge in [-0.2, -0.15) is 0 Å². The number of carboxylic acid groups (broad SMARTS) is 1. The van der Waals surface area contributed by atoms with E-state index in [1.54, 1.807) is 0 Å². The Kier molecular flexibility index (Phi) is 6.80. The van der Waals surface area contributed by atoms with E-state index in [9.17, 15) is 30.3 Å². The van der Waals surface area contributed by atoms with Crippen LogP contribution in [-0.4, -0.2) is 74.4 Å². The summed E-state index contributed by atoms with van der Waals surface area (Å²) < 4.78 is 11.4. The zero-order chi connectivity index (χ0) is 25.3. The van der Waals surface area contributed by atoms with Gasteiger partial charge in [-0.15, -0.1) is 0 Å². The molecular weight excluding hydrogens is 452 g/mol. The number of carboxylic acids is 1. The van der Waals surface area contributed by atoms with Crippen LogP contribution in [0.25, 0.3) is 0 Å². The van der Waals surface area contributed by atoms with Gasteiger partial charge in [-0.05, 0) is 105 Å². The second kappa shape index (κ2) is 9.21. The van der Waals surface area contributed by atoms with E-state index < -0.39 is 36.7 Å². The van der Waals surface area contributed by atoms with Crippen LogP contribution in [-0.2, 0) is 14.3 Å². The van der Waals surface area contributed by atoms with E-state index in [1.807, 2.05) is 6.92 Å². The van der Waals surface area contributed by atoms with Crippen molar-refractivity contribution in [1.82, 2.24) is 0 Å². The van der Waals surface area contributed by atoms with Gasteiger partial charge in [0.25, 0.3) is 0 Å². The highest BCUT2D eigenvalue weighted by Gasteiger charge is 2.61. The van der Waals surface area contributed by atoms with Gasteiger partial charge in [0.2, 0.25) is 0 Å². The monoisotopic (exact) mass is 496 g/mol. The number of fused-ring (bicyclic) bond motifs is 5. The average molecular weight is 497 g/mol. The van der Waals surface area contributed by atoms with E-state index in [4.69, 9.17) is 9.47 Å². The van der Waals surface area contributed by atoms with E-state index in [2.05, 4.69) is 13.8 Å². The third-order valence-electron chi connectivity index (χ3n) is 11.4. The van der Waals surface area contributed by atoms with E-state index in [-0.39, 0.29) is 23.0 Å². The van der Waals surface area contributed by atoms with Crippen molar-refractivity contribution in [3.8, 4) is 0 Å². The molecule has 0 aromatic rings. The van der Waals surface area contributed by atoms with Crippen LogP contribution >= 0.6 is 0 Å². The molecule has 5 fully saturated rings. The van der Waals surface area contributed by atoms with Crippen molar-refractivity contribution in [3.63, 3.8) is 0 Å². The maximum absolute atomic E-state index is 11.4. The van der Waals surface area contributed by atoms with Gasteiger partial charge < -0.3 is 35.0 Å². The molecule has 8 nitrogen and oxygen atoms in total. The molecule has 1 aliphatic heterocycles. The van der Waals surface area contributed by atoms with Crippen molar-refractivity contribution in [2.75, 3.05) is 0 Å². The molecule has 0 aromatic heterocycles. The molecule has 8 heteroatoms. The largest absolute Gasteiger partial charge is 0.479 e. The summed E-state index contributed by atoms with van der Waals surface area (Å²) in [7, 11) is 0. The van der Waals surface area contributed by atoms with Gasteiger partial charge in [0.15, 0.2) is 12.4 Å². The van der Waals surface area contributed by atoms with Crippen molar-refractivity contribution in [1.29, 1.82) is 0 Å². The Morgan fingerprint density at radius 1 is 0.914 bits per heavy atom. The quantitative estimate of drug-likeness (QED) is 0.374. The van der Waals surface area contributed by atoms with Gasteiger partial charge in [-0.3, -0.25) is 0 Å². The van der Waals surface area contributed by atoms with Crippen molar-refractivity contribution < 1.29 is 39.8 Å². The molecule has 5 N–H and O–H groups in total. The van der Waals surface area contributed by atoms with E-state index in [0.717, 1.165) is 32.1 Å². The second-order valence-electron chi connectivity index (χ2n) is 12.9. The topological polar surface area (TPSA) is 137 Å². The molecular formula is C27H44O8. The third-order valence-corrected chi connectivity index (χ3v) is 11.4. The summed E-state index contributed by atoms with van der Waals surface area (Å²) in [5.41, 5.74) is 0.484. The molecule has 4 saturated carbocycles. The molecule has 0 amide bonds. The van der Waals surface area contributed by atoms with Crippen LogP contribution in [0.1, 0.15) is 78.6 Å². The Morgan fingerprint density at radius 3 is 2.29 bits per heavy atom. The first kappa shape index (κ1) is 25.9. The lowest BCUT2D eigenvalue weighted by Gasteiger charge is -2.61. The molecule has 35 heavy (non-hydrogen) atoms. The van der Waals surface area contributed by atoms with E-state index in [0.29, 0.717) is 29.6 Å². The molecule has 1 heterocycles. The maximum atomic E-state index is 11.4. The Bertz CT molecular complexity index is 804. The Balaban J connectivity index is 1.26. The fourth-order valence-corrected chi connectivity index (χ4v) is 9.53. The smallest absolute Gasteiger partial charge is 0.335 e. The number of carbonyl (C=O) groups is 1.